The second kappa shape index (κ2) is 0.527. The van der Waals surface area contributed by atoms with Crippen LogP contribution in [0.25, 0.3) is 0 Å². The minimum atomic E-state index is -9.68. The predicted molar refractivity (Wildman–Crippen MR) is 4.12 cm³/mol. The van der Waals surface area contributed by atoms with Crippen LogP contribution >= 0.6 is 0 Å². The Kier molecular flexibility index (Phi) is 0.488. The van der Waals surface area contributed by atoms with Crippen LogP contribution in [0.15, 0.2) is 0 Å². The molecule has 0 aromatic carbocycles. The van der Waals surface area contributed by atoms with Gasteiger partial charge in [0.2, 0.25) is 0 Å². The van der Waals surface area contributed by atoms with Gasteiger partial charge in [-0.1, -0.05) is 0 Å². The molecule has 0 radical (unpaired) electrons. The molecule has 0 aliphatic carbocycles. The molecule has 0 aromatic heterocycles. The molecule has 7 heavy (non-hydrogen) atoms. The molecule has 0 saturated carbocycles. The molecule has 7 heteroatoms. The van der Waals surface area contributed by atoms with E-state index in [1.807, 2.05) is 0 Å². The van der Waals surface area contributed by atoms with Gasteiger partial charge in [-0.25, -0.2) is 0 Å². The van der Waals surface area contributed by atoms with E-state index in [0.717, 1.165) is 0 Å². The molecule has 0 rings (SSSR count). The van der Waals surface area contributed by atoms with E-state index in [1.165, 1.54) is 0 Å². The second-order valence-electron chi connectivity index (χ2n) is 1.02. The van der Waals surface area contributed by atoms with Gasteiger partial charge in [0.15, 0.2) is 0 Å². The average molecular weight is 192 g/mol. The van der Waals surface area contributed by atoms with E-state index in [1.54, 1.807) is 0 Å². The molecule has 0 fully saturated rings. The van der Waals surface area contributed by atoms with Crippen molar-refractivity contribution in [2.45, 2.75) is 0 Å². The van der Waals surface area contributed by atoms with E-state index in [9.17, 15) is 0 Å². The van der Waals surface area contributed by atoms with Crippen molar-refractivity contribution in [1.82, 2.24) is 0 Å². The van der Waals surface area contributed by atoms with Gasteiger partial charge in [-0.2, -0.15) is 0 Å². The maximum atomic E-state index is 8.67. The molecule has 0 unspecified atom stereocenters. The first-order chi connectivity index (χ1) is 2.45. The van der Waals surface area contributed by atoms with Crippen LogP contribution in [0.1, 0.15) is 0 Å². The van der Waals surface area contributed by atoms with Gasteiger partial charge in [-0.15, -0.1) is 0 Å². The Hall–Kier alpha value is -0.512. The zero-order chi connectivity index (χ0) is 6.41. The van der Waals surface area contributed by atoms with Gasteiger partial charge in [0, 0.05) is 0 Å². The average Bonchev–Trinajstić information content (AvgIpc) is 0.592. The van der Waals surface area contributed by atoms with E-state index < -0.39 is 13.3 Å². The first-order valence-electron chi connectivity index (χ1n) is 1.00. The molecule has 0 bridgehead atoms. The first kappa shape index (κ1) is 6.49. The number of hydrogen-bond donors (Lipinski definition) is 0. The fraction of sp³-hybridized carbons (Fsp3) is 0. The summed E-state index contributed by atoms with van der Waals surface area (Å²) in [5, 5.41) is 0. The zero-order valence-corrected chi connectivity index (χ0v) is 4.86. The van der Waals surface area contributed by atoms with Crippen molar-refractivity contribution in [3.05, 3.63) is 0 Å². The molecule has 0 amide bonds. The zero-order valence-electron chi connectivity index (χ0n) is 2.86. The van der Waals surface area contributed by atoms with Crippen molar-refractivity contribution in [2.24, 2.45) is 0 Å². The van der Waals surface area contributed by atoms with Crippen molar-refractivity contribution in [1.29, 1.82) is 0 Å². The van der Waals surface area contributed by atoms with E-state index >= 15 is 0 Å². The van der Waals surface area contributed by atoms with Crippen LogP contribution in [0.3, 0.4) is 0 Å². The third-order valence-corrected chi connectivity index (χ3v) is 0. The Balaban J connectivity index is 8.86. The first-order valence-corrected chi connectivity index (χ1v) is 5.92. The summed E-state index contributed by atoms with van der Waals surface area (Å²) in [6, 6.07) is 0. The monoisotopic (exact) mass is 194 g/mol. The Labute approximate surface area is 34.4 Å². The summed E-state index contributed by atoms with van der Waals surface area (Å²) in [6.45, 7) is 0. The maximum absolute atomic E-state index is 9.68. The normalized spacial score (nSPS) is 12.0. The van der Waals surface area contributed by atoms with Crippen molar-refractivity contribution < 1.29 is 33.7 Å². The summed E-state index contributed by atoms with van der Waals surface area (Å²) in [5.41, 5.74) is 0. The van der Waals surface area contributed by atoms with Crippen molar-refractivity contribution >= 4 is 0 Å². The van der Waals surface area contributed by atoms with E-state index in [4.69, 9.17) is 20.4 Å². The van der Waals surface area contributed by atoms with Crippen LogP contribution in [0.4, 0.5) is 0 Å². The summed E-state index contributed by atoms with van der Waals surface area (Å²) in [6.07, 6.45) is 0. The third kappa shape index (κ3) is 255. The molecule has 6 nitrogen and oxygen atoms in total. The van der Waals surface area contributed by atoms with Crippen LogP contribution in [0.5, 0.6) is 0 Å². The van der Waals surface area contributed by atoms with Crippen LogP contribution in [0.2, 0.25) is 0 Å². The van der Waals surface area contributed by atoms with Gasteiger partial charge in [-0.05, 0) is 0 Å². The fourth-order valence-electron chi connectivity index (χ4n) is 0. The molecule has 0 aliphatic rings. The molecule has 42 valence electrons. The quantitative estimate of drug-likeness (QED) is 0.469. The number of rotatable bonds is 0. The van der Waals surface area contributed by atoms with Gasteiger partial charge in [0.05, 0.1) is 0 Å². The molecule has 0 spiro atoms. The third-order valence-electron chi connectivity index (χ3n) is 0. The van der Waals surface area contributed by atoms with E-state index in [2.05, 4.69) is 0 Å². The molecule has 0 saturated heterocycles. The van der Waals surface area contributed by atoms with Gasteiger partial charge >= 0.3 is 33.7 Å². The predicted octanol–water partition coefficient (Wildman–Crippen LogP) is -0.715. The molecule has 0 aliphatic heterocycles. The fourth-order valence-corrected chi connectivity index (χ4v) is 0. The summed E-state index contributed by atoms with van der Waals surface area (Å²) in [4.78, 5) is 0. The Bertz CT molecular complexity index is 432. The topological polar surface area (TPSA) is 102 Å². The van der Waals surface area contributed by atoms with Crippen LogP contribution in [0, 0.1) is 0 Å². The SMILES string of the molecule is [O]=[Mo](=[O])(=[O])(=[O])(=[O])=[O]. The summed E-state index contributed by atoms with van der Waals surface area (Å²) in [5.74, 6) is 0. The van der Waals surface area contributed by atoms with Crippen LogP contribution in [-0.4, -0.2) is 0 Å². The molecular formula is MoO6. The van der Waals surface area contributed by atoms with Gasteiger partial charge < -0.3 is 0 Å². The Morgan fingerprint density at radius 1 is 0.571 bits per heavy atom. The van der Waals surface area contributed by atoms with E-state index in [0.29, 0.717) is 0 Å². The molecule has 0 aromatic rings. The summed E-state index contributed by atoms with van der Waals surface area (Å²) < 4.78 is 52.0. The standard InChI is InChI=1S/Mo.6O. The Morgan fingerprint density at radius 2 is 0.571 bits per heavy atom. The Morgan fingerprint density at radius 3 is 0.571 bits per heavy atom. The van der Waals surface area contributed by atoms with Gasteiger partial charge in [-0.3, -0.25) is 0 Å². The second-order valence-corrected chi connectivity index (χ2v) is 6.04. The van der Waals surface area contributed by atoms with Gasteiger partial charge in [0.25, 0.3) is 0 Å². The van der Waals surface area contributed by atoms with Crippen LogP contribution in [-0.2, 0) is 33.7 Å². The van der Waals surface area contributed by atoms with Crippen molar-refractivity contribution in [3.8, 4) is 0 Å². The molecule has 0 heterocycles. The molecule has 0 N–H and O–H groups in total. The summed E-state index contributed by atoms with van der Waals surface area (Å²) in [7, 11) is 0. The number of hydrogen-bond acceptors (Lipinski definition) is 6. The summed E-state index contributed by atoms with van der Waals surface area (Å²) >= 11 is -9.68. The minimum absolute atomic E-state index is 8.67. The van der Waals surface area contributed by atoms with Crippen molar-refractivity contribution in [3.63, 3.8) is 0 Å². The van der Waals surface area contributed by atoms with Crippen molar-refractivity contribution in [2.75, 3.05) is 0 Å². The van der Waals surface area contributed by atoms with Crippen LogP contribution < -0.4 is 0 Å². The van der Waals surface area contributed by atoms with Gasteiger partial charge in [0.1, 0.15) is 0 Å². The van der Waals surface area contributed by atoms with E-state index in [-0.39, 0.29) is 0 Å². The molecule has 0 atom stereocenters. The molecular weight excluding hydrogens is 192 g/mol.